The smallest absolute Gasteiger partial charge is 0.160 e. The standard InChI is InChI=1S/C12H9ClOS2/c13-10-3-1-9(2-4-10)8-15-12-6-5-11(7-14)16-12/h1-7H,8H2. The van der Waals surface area contributed by atoms with Crippen LogP contribution in [0.2, 0.25) is 5.02 Å². The number of hydrogen-bond acceptors (Lipinski definition) is 3. The molecule has 0 aliphatic rings. The molecule has 0 fully saturated rings. The fourth-order valence-electron chi connectivity index (χ4n) is 1.21. The van der Waals surface area contributed by atoms with Crippen LogP contribution in [0.4, 0.5) is 0 Å². The largest absolute Gasteiger partial charge is 0.297 e. The van der Waals surface area contributed by atoms with Crippen molar-refractivity contribution in [3.05, 3.63) is 51.9 Å². The molecular formula is C12H9ClOS2. The molecule has 0 amide bonds. The first-order chi connectivity index (χ1) is 7.78. The molecule has 0 saturated carbocycles. The van der Waals surface area contributed by atoms with Crippen molar-refractivity contribution in [2.24, 2.45) is 0 Å². The number of aldehydes is 1. The van der Waals surface area contributed by atoms with Gasteiger partial charge in [0.05, 0.1) is 9.09 Å². The molecule has 4 heteroatoms. The van der Waals surface area contributed by atoms with Crippen LogP contribution >= 0.6 is 34.7 Å². The Labute approximate surface area is 107 Å². The third kappa shape index (κ3) is 3.11. The molecule has 82 valence electrons. The second-order valence-electron chi connectivity index (χ2n) is 3.19. The fraction of sp³-hybridized carbons (Fsp3) is 0.0833. The molecular weight excluding hydrogens is 260 g/mol. The van der Waals surface area contributed by atoms with Crippen molar-refractivity contribution in [2.75, 3.05) is 0 Å². The Bertz CT molecular complexity index is 476. The summed E-state index contributed by atoms with van der Waals surface area (Å²) in [6.45, 7) is 0. The highest BCUT2D eigenvalue weighted by Gasteiger charge is 2.00. The lowest BCUT2D eigenvalue weighted by Gasteiger charge is -1.99. The lowest BCUT2D eigenvalue weighted by molar-refractivity contribution is 0.112. The SMILES string of the molecule is O=Cc1ccc(SCc2ccc(Cl)cc2)s1. The van der Waals surface area contributed by atoms with Crippen LogP contribution in [0.3, 0.4) is 0 Å². The minimum absolute atomic E-state index is 0.758. The van der Waals surface area contributed by atoms with E-state index in [0.717, 1.165) is 26.1 Å². The van der Waals surface area contributed by atoms with Gasteiger partial charge < -0.3 is 0 Å². The van der Waals surface area contributed by atoms with Crippen LogP contribution in [0, 0.1) is 0 Å². The average Bonchev–Trinajstić information content (AvgIpc) is 2.76. The highest BCUT2D eigenvalue weighted by molar-refractivity contribution is 8.00. The Morgan fingerprint density at radius 3 is 2.56 bits per heavy atom. The van der Waals surface area contributed by atoms with Crippen molar-refractivity contribution in [1.82, 2.24) is 0 Å². The molecule has 0 bridgehead atoms. The third-order valence-electron chi connectivity index (χ3n) is 2.01. The Balaban J connectivity index is 1.96. The molecule has 1 aromatic heterocycles. The lowest BCUT2D eigenvalue weighted by atomic mass is 10.2. The van der Waals surface area contributed by atoms with E-state index in [2.05, 4.69) is 0 Å². The monoisotopic (exact) mass is 268 g/mol. The Morgan fingerprint density at radius 2 is 1.94 bits per heavy atom. The zero-order valence-corrected chi connectivity index (χ0v) is 10.7. The molecule has 16 heavy (non-hydrogen) atoms. The molecule has 0 aliphatic heterocycles. The quantitative estimate of drug-likeness (QED) is 0.600. The highest BCUT2D eigenvalue weighted by Crippen LogP contribution is 2.29. The molecule has 0 N–H and O–H groups in total. The van der Waals surface area contributed by atoms with Gasteiger partial charge in [0.25, 0.3) is 0 Å². The molecule has 0 spiro atoms. The molecule has 2 aromatic rings. The molecule has 1 heterocycles. The van der Waals surface area contributed by atoms with Gasteiger partial charge in [-0.05, 0) is 29.8 Å². The average molecular weight is 269 g/mol. The lowest BCUT2D eigenvalue weighted by Crippen LogP contribution is -1.77. The van der Waals surface area contributed by atoms with Crippen LogP contribution in [0.15, 0.2) is 40.6 Å². The van der Waals surface area contributed by atoms with E-state index < -0.39 is 0 Å². The van der Waals surface area contributed by atoms with Gasteiger partial charge in [0.2, 0.25) is 0 Å². The van der Waals surface area contributed by atoms with Crippen LogP contribution in [0.5, 0.6) is 0 Å². The van der Waals surface area contributed by atoms with Crippen LogP contribution in [0.25, 0.3) is 0 Å². The Hall–Kier alpha value is -0.770. The Morgan fingerprint density at radius 1 is 1.19 bits per heavy atom. The summed E-state index contributed by atoms with van der Waals surface area (Å²) in [5, 5.41) is 0.758. The number of carbonyl (C=O) groups is 1. The molecule has 0 atom stereocenters. The minimum atomic E-state index is 0.758. The van der Waals surface area contributed by atoms with Crippen molar-refractivity contribution in [1.29, 1.82) is 0 Å². The predicted octanol–water partition coefficient (Wildman–Crippen LogP) is 4.51. The van der Waals surface area contributed by atoms with E-state index in [4.69, 9.17) is 11.6 Å². The summed E-state index contributed by atoms with van der Waals surface area (Å²) in [5.41, 5.74) is 1.23. The first-order valence-electron chi connectivity index (χ1n) is 4.70. The summed E-state index contributed by atoms with van der Waals surface area (Å²) in [7, 11) is 0. The van der Waals surface area contributed by atoms with Gasteiger partial charge in [-0.25, -0.2) is 0 Å². The molecule has 1 nitrogen and oxygen atoms in total. The van der Waals surface area contributed by atoms with E-state index in [-0.39, 0.29) is 0 Å². The number of hydrogen-bond donors (Lipinski definition) is 0. The minimum Gasteiger partial charge on any atom is -0.297 e. The van der Waals surface area contributed by atoms with Crippen LogP contribution in [0.1, 0.15) is 15.2 Å². The third-order valence-corrected chi connectivity index (χ3v) is 4.57. The number of carbonyl (C=O) groups excluding carboxylic acids is 1. The van der Waals surface area contributed by atoms with E-state index in [9.17, 15) is 4.79 Å². The van der Waals surface area contributed by atoms with Gasteiger partial charge in [-0.1, -0.05) is 23.7 Å². The summed E-state index contributed by atoms with van der Waals surface area (Å²) in [4.78, 5) is 11.3. The summed E-state index contributed by atoms with van der Waals surface area (Å²) in [6.07, 6.45) is 0.886. The van der Waals surface area contributed by atoms with E-state index in [0.29, 0.717) is 0 Å². The summed E-state index contributed by atoms with van der Waals surface area (Å²) in [5.74, 6) is 0.899. The van der Waals surface area contributed by atoms with Crippen LogP contribution < -0.4 is 0 Å². The Kier molecular flexibility index (Phi) is 4.04. The molecule has 2 rings (SSSR count). The molecule has 0 aliphatic carbocycles. The first-order valence-corrected chi connectivity index (χ1v) is 6.88. The fourth-order valence-corrected chi connectivity index (χ4v) is 3.26. The highest BCUT2D eigenvalue weighted by atomic mass is 35.5. The number of benzene rings is 1. The number of rotatable bonds is 4. The van der Waals surface area contributed by atoms with Crippen molar-refractivity contribution >= 4 is 41.0 Å². The molecule has 1 aromatic carbocycles. The topological polar surface area (TPSA) is 17.1 Å². The molecule has 0 unspecified atom stereocenters. The van der Waals surface area contributed by atoms with Gasteiger partial charge in [0, 0.05) is 10.8 Å². The zero-order chi connectivity index (χ0) is 11.4. The summed E-state index contributed by atoms with van der Waals surface area (Å²) < 4.78 is 1.16. The maximum absolute atomic E-state index is 10.5. The molecule has 0 radical (unpaired) electrons. The maximum Gasteiger partial charge on any atom is 0.160 e. The zero-order valence-electron chi connectivity index (χ0n) is 8.35. The van der Waals surface area contributed by atoms with Gasteiger partial charge in [0.1, 0.15) is 0 Å². The van der Waals surface area contributed by atoms with Crippen LogP contribution in [-0.2, 0) is 5.75 Å². The number of thioether (sulfide) groups is 1. The first kappa shape index (κ1) is 11.7. The van der Waals surface area contributed by atoms with Gasteiger partial charge in [0.15, 0.2) is 6.29 Å². The van der Waals surface area contributed by atoms with Gasteiger partial charge in [-0.2, -0.15) is 0 Å². The van der Waals surface area contributed by atoms with E-state index in [1.165, 1.54) is 16.9 Å². The summed E-state index contributed by atoms with van der Waals surface area (Å²) >= 11 is 9.06. The predicted molar refractivity (Wildman–Crippen MR) is 70.7 cm³/mol. The van der Waals surface area contributed by atoms with Crippen molar-refractivity contribution in [2.45, 2.75) is 9.96 Å². The number of thiophene rings is 1. The van der Waals surface area contributed by atoms with Gasteiger partial charge >= 0.3 is 0 Å². The summed E-state index contributed by atoms with van der Waals surface area (Å²) in [6, 6.07) is 11.6. The van der Waals surface area contributed by atoms with E-state index in [1.54, 1.807) is 11.8 Å². The second kappa shape index (κ2) is 5.53. The van der Waals surface area contributed by atoms with E-state index in [1.807, 2.05) is 36.4 Å². The van der Waals surface area contributed by atoms with Crippen molar-refractivity contribution in [3.63, 3.8) is 0 Å². The van der Waals surface area contributed by atoms with Gasteiger partial charge in [-0.3, -0.25) is 4.79 Å². The second-order valence-corrected chi connectivity index (χ2v) is 6.02. The van der Waals surface area contributed by atoms with Crippen molar-refractivity contribution < 1.29 is 4.79 Å². The maximum atomic E-state index is 10.5. The van der Waals surface area contributed by atoms with Gasteiger partial charge in [-0.15, -0.1) is 23.1 Å². The normalized spacial score (nSPS) is 10.3. The van der Waals surface area contributed by atoms with Crippen molar-refractivity contribution in [3.8, 4) is 0 Å². The molecule has 0 saturated heterocycles. The van der Waals surface area contributed by atoms with E-state index >= 15 is 0 Å². The number of halogens is 1. The van der Waals surface area contributed by atoms with Crippen LogP contribution in [-0.4, -0.2) is 6.29 Å².